The van der Waals surface area contributed by atoms with E-state index in [9.17, 15) is 4.39 Å². The first-order valence-electron chi connectivity index (χ1n) is 5.31. The molecule has 1 aromatic carbocycles. The lowest BCUT2D eigenvalue weighted by molar-refractivity contribution is 0.206. The molecule has 0 saturated heterocycles. The van der Waals surface area contributed by atoms with Gasteiger partial charge in [0.25, 0.3) is 0 Å². The maximum atomic E-state index is 13.0. The third-order valence-corrected chi connectivity index (χ3v) is 3.19. The van der Waals surface area contributed by atoms with Gasteiger partial charge in [-0.25, -0.2) is 4.39 Å². The number of nitrogens with one attached hydrogen (secondary N) is 1. The Kier molecular flexibility index (Phi) is 2.65. The van der Waals surface area contributed by atoms with E-state index in [0.717, 1.165) is 5.56 Å². The highest BCUT2D eigenvalue weighted by molar-refractivity contribution is 5.28. The molecule has 82 valence electrons. The van der Waals surface area contributed by atoms with E-state index in [1.807, 2.05) is 0 Å². The molecule has 15 heavy (non-hydrogen) atoms. The number of rotatable bonds is 3. The molecule has 3 heteroatoms. The van der Waals surface area contributed by atoms with E-state index < -0.39 is 5.82 Å². The van der Waals surface area contributed by atoms with Crippen molar-refractivity contribution in [2.24, 2.45) is 0 Å². The molecule has 1 fully saturated rings. The zero-order chi connectivity index (χ0) is 10.9. The third-order valence-electron chi connectivity index (χ3n) is 3.19. The maximum Gasteiger partial charge on any atom is 0.165 e. The minimum Gasteiger partial charge on any atom is -0.505 e. The monoisotopic (exact) mass is 209 g/mol. The van der Waals surface area contributed by atoms with Crippen LogP contribution in [-0.4, -0.2) is 10.6 Å². The minimum absolute atomic E-state index is 0.231. The summed E-state index contributed by atoms with van der Waals surface area (Å²) in [6.45, 7) is 2.85. The average Bonchev–Trinajstić information content (AvgIpc) is 2.17. The third kappa shape index (κ3) is 2.29. The van der Waals surface area contributed by atoms with Crippen molar-refractivity contribution in [3.63, 3.8) is 0 Å². The first-order valence-corrected chi connectivity index (χ1v) is 5.31. The van der Waals surface area contributed by atoms with Crippen LogP contribution in [0, 0.1) is 5.82 Å². The molecule has 0 atom stereocenters. The van der Waals surface area contributed by atoms with Crippen molar-refractivity contribution in [1.29, 1.82) is 0 Å². The molecule has 0 heterocycles. The Hall–Kier alpha value is -1.09. The van der Waals surface area contributed by atoms with Crippen LogP contribution in [0.1, 0.15) is 31.7 Å². The Morgan fingerprint density at radius 1 is 1.47 bits per heavy atom. The Morgan fingerprint density at radius 2 is 2.20 bits per heavy atom. The highest BCUT2D eigenvalue weighted by atomic mass is 19.1. The number of phenols is 1. The Balaban J connectivity index is 1.96. The summed E-state index contributed by atoms with van der Waals surface area (Å²) >= 11 is 0. The van der Waals surface area contributed by atoms with Gasteiger partial charge in [0.2, 0.25) is 0 Å². The molecular formula is C12H16FNO. The van der Waals surface area contributed by atoms with E-state index in [1.54, 1.807) is 6.07 Å². The molecule has 1 aliphatic rings. The molecule has 0 amide bonds. The van der Waals surface area contributed by atoms with Gasteiger partial charge in [-0.1, -0.05) is 6.07 Å². The summed E-state index contributed by atoms with van der Waals surface area (Å²) in [4.78, 5) is 0. The van der Waals surface area contributed by atoms with Crippen molar-refractivity contribution < 1.29 is 9.50 Å². The van der Waals surface area contributed by atoms with Crippen molar-refractivity contribution in [2.75, 3.05) is 0 Å². The number of halogens is 1. The highest BCUT2D eigenvalue weighted by Gasteiger charge is 2.30. The molecule has 1 aliphatic carbocycles. The summed E-state index contributed by atoms with van der Waals surface area (Å²) in [7, 11) is 0. The van der Waals surface area contributed by atoms with Gasteiger partial charge in [-0.05, 0) is 43.9 Å². The van der Waals surface area contributed by atoms with Crippen LogP contribution in [0.15, 0.2) is 18.2 Å². The van der Waals surface area contributed by atoms with Crippen LogP contribution in [0.5, 0.6) is 5.75 Å². The Bertz CT molecular complexity index is 361. The lowest BCUT2D eigenvalue weighted by Crippen LogP contribution is -2.47. The molecule has 0 spiro atoms. The topological polar surface area (TPSA) is 32.3 Å². The normalized spacial score (nSPS) is 18.5. The van der Waals surface area contributed by atoms with E-state index in [-0.39, 0.29) is 11.3 Å². The second kappa shape index (κ2) is 3.81. The van der Waals surface area contributed by atoms with Crippen LogP contribution in [0.4, 0.5) is 4.39 Å². The molecule has 1 saturated carbocycles. The molecular weight excluding hydrogens is 193 g/mol. The molecule has 0 radical (unpaired) electrons. The zero-order valence-electron chi connectivity index (χ0n) is 8.89. The number of aromatic hydroxyl groups is 1. The first-order chi connectivity index (χ1) is 7.09. The summed E-state index contributed by atoms with van der Waals surface area (Å²) < 4.78 is 13.0. The van der Waals surface area contributed by atoms with Gasteiger partial charge in [0.15, 0.2) is 11.6 Å². The molecule has 0 bridgehead atoms. The van der Waals surface area contributed by atoms with Crippen LogP contribution < -0.4 is 5.32 Å². The quantitative estimate of drug-likeness (QED) is 0.801. The van der Waals surface area contributed by atoms with Crippen LogP contribution in [-0.2, 0) is 6.54 Å². The predicted octanol–water partition coefficient (Wildman–Crippen LogP) is 2.56. The fraction of sp³-hybridized carbons (Fsp3) is 0.500. The SMILES string of the molecule is CC1(NCc2ccc(O)c(F)c2)CCC1. The second-order valence-electron chi connectivity index (χ2n) is 4.55. The fourth-order valence-electron chi connectivity index (χ4n) is 1.86. The molecule has 2 rings (SSSR count). The van der Waals surface area contributed by atoms with Crippen molar-refractivity contribution in [2.45, 2.75) is 38.3 Å². The summed E-state index contributed by atoms with van der Waals surface area (Å²) in [5, 5.41) is 12.4. The standard InChI is InChI=1S/C12H16FNO/c1-12(5-2-6-12)14-8-9-3-4-11(15)10(13)7-9/h3-4,7,14-15H,2,5-6,8H2,1H3. The molecule has 0 aromatic heterocycles. The summed E-state index contributed by atoms with van der Waals surface area (Å²) in [5.41, 5.74) is 1.10. The van der Waals surface area contributed by atoms with Gasteiger partial charge in [0, 0.05) is 12.1 Å². The smallest absolute Gasteiger partial charge is 0.165 e. The highest BCUT2D eigenvalue weighted by Crippen LogP contribution is 2.31. The van der Waals surface area contributed by atoms with Gasteiger partial charge in [0.1, 0.15) is 0 Å². The van der Waals surface area contributed by atoms with Gasteiger partial charge < -0.3 is 10.4 Å². The van der Waals surface area contributed by atoms with E-state index in [2.05, 4.69) is 12.2 Å². The van der Waals surface area contributed by atoms with Gasteiger partial charge in [-0.2, -0.15) is 0 Å². The molecule has 1 aromatic rings. The van der Waals surface area contributed by atoms with Crippen LogP contribution >= 0.6 is 0 Å². The summed E-state index contributed by atoms with van der Waals surface area (Å²) in [5.74, 6) is -0.832. The van der Waals surface area contributed by atoms with E-state index in [0.29, 0.717) is 6.54 Å². The van der Waals surface area contributed by atoms with Crippen molar-refractivity contribution in [1.82, 2.24) is 5.32 Å². The van der Waals surface area contributed by atoms with Crippen LogP contribution in [0.25, 0.3) is 0 Å². The van der Waals surface area contributed by atoms with E-state index in [4.69, 9.17) is 5.11 Å². The van der Waals surface area contributed by atoms with E-state index in [1.165, 1.54) is 31.4 Å². The molecule has 2 N–H and O–H groups in total. The lowest BCUT2D eigenvalue weighted by Gasteiger charge is -2.39. The summed E-state index contributed by atoms with van der Waals surface area (Å²) in [6, 6.07) is 4.52. The predicted molar refractivity (Wildman–Crippen MR) is 57.2 cm³/mol. The summed E-state index contributed by atoms with van der Waals surface area (Å²) in [6.07, 6.45) is 3.65. The second-order valence-corrected chi connectivity index (χ2v) is 4.55. The average molecular weight is 209 g/mol. The van der Waals surface area contributed by atoms with Gasteiger partial charge in [-0.15, -0.1) is 0 Å². The van der Waals surface area contributed by atoms with Gasteiger partial charge >= 0.3 is 0 Å². The number of hydrogen-bond acceptors (Lipinski definition) is 2. The molecule has 2 nitrogen and oxygen atoms in total. The first kappa shape index (κ1) is 10.4. The van der Waals surface area contributed by atoms with E-state index >= 15 is 0 Å². The fourth-order valence-corrected chi connectivity index (χ4v) is 1.86. The zero-order valence-corrected chi connectivity index (χ0v) is 8.89. The molecule has 0 aliphatic heterocycles. The Labute approximate surface area is 89.1 Å². The number of hydrogen-bond donors (Lipinski definition) is 2. The van der Waals surface area contributed by atoms with Crippen molar-refractivity contribution >= 4 is 0 Å². The van der Waals surface area contributed by atoms with Gasteiger partial charge in [0.05, 0.1) is 0 Å². The van der Waals surface area contributed by atoms with Crippen LogP contribution in [0.3, 0.4) is 0 Å². The number of benzene rings is 1. The largest absolute Gasteiger partial charge is 0.505 e. The Morgan fingerprint density at radius 3 is 2.73 bits per heavy atom. The van der Waals surface area contributed by atoms with Crippen molar-refractivity contribution in [3.05, 3.63) is 29.6 Å². The lowest BCUT2D eigenvalue weighted by atomic mass is 9.78. The molecule has 0 unspecified atom stereocenters. The number of phenolic OH excluding ortho intramolecular Hbond substituents is 1. The van der Waals surface area contributed by atoms with Crippen LogP contribution in [0.2, 0.25) is 0 Å². The maximum absolute atomic E-state index is 13.0. The van der Waals surface area contributed by atoms with Crippen molar-refractivity contribution in [3.8, 4) is 5.75 Å². The minimum atomic E-state index is -0.548. The van der Waals surface area contributed by atoms with Gasteiger partial charge in [-0.3, -0.25) is 0 Å².